The highest BCUT2D eigenvalue weighted by molar-refractivity contribution is 7.99. The van der Waals surface area contributed by atoms with Crippen LogP contribution in [0, 0.1) is 6.92 Å². The van der Waals surface area contributed by atoms with Crippen molar-refractivity contribution in [3.8, 4) is 5.75 Å². The first-order valence-electron chi connectivity index (χ1n) is 11.0. The Kier molecular flexibility index (Phi) is 8.86. The van der Waals surface area contributed by atoms with E-state index in [2.05, 4.69) is 27.4 Å². The highest BCUT2D eigenvalue weighted by atomic mass is 32.2. The van der Waals surface area contributed by atoms with E-state index in [0.717, 1.165) is 11.3 Å². The van der Waals surface area contributed by atoms with Crippen molar-refractivity contribution in [2.24, 2.45) is 0 Å². The fraction of sp³-hybridized carbons (Fsp3) is 0.280. The van der Waals surface area contributed by atoms with Crippen molar-refractivity contribution in [1.82, 2.24) is 20.1 Å². The number of carbonyl (C=O) groups is 2. The van der Waals surface area contributed by atoms with Crippen LogP contribution in [0.25, 0.3) is 0 Å². The second-order valence-electron chi connectivity index (χ2n) is 7.54. The minimum absolute atomic E-state index is 0.159. The van der Waals surface area contributed by atoms with Gasteiger partial charge in [-0.25, -0.2) is 0 Å². The van der Waals surface area contributed by atoms with E-state index in [4.69, 9.17) is 4.74 Å². The van der Waals surface area contributed by atoms with Gasteiger partial charge in [0.25, 0.3) is 5.91 Å². The highest BCUT2D eigenvalue weighted by Crippen LogP contribution is 2.22. The third-order valence-electron chi connectivity index (χ3n) is 4.96. The number of nitrogens with zero attached hydrogens (tertiary/aromatic N) is 3. The molecule has 1 heterocycles. The van der Waals surface area contributed by atoms with Gasteiger partial charge in [0.2, 0.25) is 5.91 Å². The van der Waals surface area contributed by atoms with Gasteiger partial charge in [-0.15, -0.1) is 16.8 Å². The van der Waals surface area contributed by atoms with Crippen LogP contribution in [0.1, 0.15) is 41.6 Å². The molecule has 2 amide bonds. The Hall–Kier alpha value is -3.59. The van der Waals surface area contributed by atoms with Crippen LogP contribution < -0.4 is 15.4 Å². The lowest BCUT2D eigenvalue weighted by Crippen LogP contribution is -2.29. The van der Waals surface area contributed by atoms with Gasteiger partial charge in [0.1, 0.15) is 5.75 Å². The Morgan fingerprint density at radius 1 is 1.18 bits per heavy atom. The fourth-order valence-electron chi connectivity index (χ4n) is 3.32. The zero-order valence-corrected chi connectivity index (χ0v) is 20.4. The van der Waals surface area contributed by atoms with Crippen molar-refractivity contribution < 1.29 is 14.3 Å². The number of benzene rings is 2. The Balaban J connectivity index is 1.63. The van der Waals surface area contributed by atoms with E-state index in [0.29, 0.717) is 35.4 Å². The van der Waals surface area contributed by atoms with Gasteiger partial charge in [-0.2, -0.15) is 0 Å². The molecule has 0 bridgehead atoms. The maximum Gasteiger partial charge on any atom is 0.252 e. The first-order chi connectivity index (χ1) is 16.4. The number of hydrogen-bond donors (Lipinski definition) is 2. The Bertz CT molecular complexity index is 1140. The van der Waals surface area contributed by atoms with Crippen LogP contribution in [0.5, 0.6) is 5.75 Å². The molecular weight excluding hydrogens is 450 g/mol. The number of thioether (sulfide) groups is 1. The number of amides is 2. The number of aryl methyl sites for hydroxylation is 1. The number of hydrogen-bond acceptors (Lipinski definition) is 6. The van der Waals surface area contributed by atoms with Gasteiger partial charge in [-0.05, 0) is 56.7 Å². The van der Waals surface area contributed by atoms with E-state index in [1.807, 2.05) is 55.7 Å². The standard InChI is InChI=1S/C25H29N5O3S/c1-5-15-30-23(18(4)26-24(32)21-10-8-7-9-17(21)3)28-29-25(30)34-16-22(31)27-19-11-13-20(14-12-19)33-6-2/h5,7-14,18H,1,6,15-16H2,2-4H3,(H,26,32)(H,27,31)/t18-/m0/s1. The summed E-state index contributed by atoms with van der Waals surface area (Å²) in [6.45, 7) is 10.5. The lowest BCUT2D eigenvalue weighted by Gasteiger charge is -2.16. The second-order valence-corrected chi connectivity index (χ2v) is 8.49. The summed E-state index contributed by atoms with van der Waals surface area (Å²) in [6, 6.07) is 14.2. The molecule has 178 valence electrons. The molecule has 0 aliphatic carbocycles. The Morgan fingerprint density at radius 2 is 1.91 bits per heavy atom. The average molecular weight is 480 g/mol. The van der Waals surface area contributed by atoms with Crippen molar-refractivity contribution in [2.45, 2.75) is 38.5 Å². The molecule has 0 spiro atoms. The van der Waals surface area contributed by atoms with Gasteiger partial charge < -0.3 is 19.9 Å². The molecule has 0 aliphatic rings. The first-order valence-corrected chi connectivity index (χ1v) is 12.0. The summed E-state index contributed by atoms with van der Waals surface area (Å²) in [7, 11) is 0. The molecule has 0 fully saturated rings. The molecule has 0 saturated heterocycles. The van der Waals surface area contributed by atoms with Crippen molar-refractivity contribution in [3.05, 3.63) is 78.1 Å². The third kappa shape index (κ3) is 6.48. The molecule has 0 radical (unpaired) electrons. The molecule has 1 aromatic heterocycles. The summed E-state index contributed by atoms with van der Waals surface area (Å²) in [5.41, 5.74) is 2.20. The number of anilines is 1. The predicted molar refractivity (Wildman–Crippen MR) is 134 cm³/mol. The minimum Gasteiger partial charge on any atom is -0.494 e. The monoisotopic (exact) mass is 479 g/mol. The maximum atomic E-state index is 12.7. The Morgan fingerprint density at radius 3 is 2.59 bits per heavy atom. The van der Waals surface area contributed by atoms with Gasteiger partial charge >= 0.3 is 0 Å². The van der Waals surface area contributed by atoms with Crippen molar-refractivity contribution in [2.75, 3.05) is 17.7 Å². The van der Waals surface area contributed by atoms with Gasteiger partial charge in [-0.3, -0.25) is 9.59 Å². The van der Waals surface area contributed by atoms with Crippen LogP contribution >= 0.6 is 11.8 Å². The van der Waals surface area contributed by atoms with E-state index < -0.39 is 0 Å². The SMILES string of the molecule is C=CCn1c(SCC(=O)Nc2ccc(OCC)cc2)nnc1[C@H](C)NC(=O)c1ccccc1C. The summed E-state index contributed by atoms with van der Waals surface area (Å²) >= 11 is 1.27. The van der Waals surface area contributed by atoms with Gasteiger partial charge in [0.05, 0.1) is 18.4 Å². The summed E-state index contributed by atoms with van der Waals surface area (Å²) in [5, 5.41) is 14.9. The molecule has 3 aromatic rings. The van der Waals surface area contributed by atoms with Crippen LogP contribution in [0.4, 0.5) is 5.69 Å². The summed E-state index contributed by atoms with van der Waals surface area (Å²) in [5.74, 6) is 1.17. The lowest BCUT2D eigenvalue weighted by molar-refractivity contribution is -0.113. The molecular formula is C25H29N5O3S. The van der Waals surface area contributed by atoms with Gasteiger partial charge in [-0.1, -0.05) is 36.0 Å². The van der Waals surface area contributed by atoms with Crippen molar-refractivity contribution in [3.63, 3.8) is 0 Å². The maximum absolute atomic E-state index is 12.7. The molecule has 0 saturated carbocycles. The molecule has 0 unspecified atom stereocenters. The predicted octanol–water partition coefficient (Wildman–Crippen LogP) is 4.39. The summed E-state index contributed by atoms with van der Waals surface area (Å²) < 4.78 is 7.27. The minimum atomic E-state index is -0.383. The van der Waals surface area contributed by atoms with Crippen molar-refractivity contribution in [1.29, 1.82) is 0 Å². The largest absolute Gasteiger partial charge is 0.494 e. The zero-order chi connectivity index (χ0) is 24.5. The zero-order valence-electron chi connectivity index (χ0n) is 19.6. The van der Waals surface area contributed by atoms with Crippen LogP contribution in [0.15, 0.2) is 66.3 Å². The lowest BCUT2D eigenvalue weighted by atomic mass is 10.1. The molecule has 2 N–H and O–H groups in total. The summed E-state index contributed by atoms with van der Waals surface area (Å²) in [6.07, 6.45) is 1.73. The molecule has 2 aromatic carbocycles. The highest BCUT2D eigenvalue weighted by Gasteiger charge is 2.21. The van der Waals surface area contributed by atoms with Crippen LogP contribution in [0.3, 0.4) is 0 Å². The Labute approximate surface area is 203 Å². The molecule has 0 aliphatic heterocycles. The van der Waals surface area contributed by atoms with E-state index in [9.17, 15) is 9.59 Å². The molecule has 34 heavy (non-hydrogen) atoms. The smallest absolute Gasteiger partial charge is 0.252 e. The molecule has 1 atom stereocenters. The van der Waals surface area contributed by atoms with E-state index in [1.165, 1.54) is 11.8 Å². The average Bonchev–Trinajstić information content (AvgIpc) is 3.22. The van der Waals surface area contributed by atoms with Gasteiger partial charge in [0, 0.05) is 17.8 Å². The van der Waals surface area contributed by atoms with Crippen molar-refractivity contribution >= 4 is 29.3 Å². The number of aromatic nitrogens is 3. The first kappa shape index (κ1) is 25.0. The van der Waals surface area contributed by atoms with Crippen LogP contribution in [-0.4, -0.2) is 38.9 Å². The molecule has 3 rings (SSSR count). The van der Waals surface area contributed by atoms with E-state index in [1.54, 1.807) is 24.3 Å². The van der Waals surface area contributed by atoms with Crippen LogP contribution in [-0.2, 0) is 11.3 Å². The van der Waals surface area contributed by atoms with Crippen LogP contribution in [0.2, 0.25) is 0 Å². The number of ether oxygens (including phenoxy) is 1. The normalized spacial score (nSPS) is 11.5. The number of nitrogens with one attached hydrogen (secondary N) is 2. The quantitative estimate of drug-likeness (QED) is 0.313. The molecule has 9 heteroatoms. The number of allylic oxidation sites excluding steroid dienone is 1. The fourth-order valence-corrected chi connectivity index (χ4v) is 4.08. The van der Waals surface area contributed by atoms with E-state index >= 15 is 0 Å². The number of rotatable bonds is 11. The molecule has 8 nitrogen and oxygen atoms in total. The van der Waals surface area contributed by atoms with Gasteiger partial charge in [0.15, 0.2) is 11.0 Å². The number of carbonyl (C=O) groups excluding carboxylic acids is 2. The summed E-state index contributed by atoms with van der Waals surface area (Å²) in [4.78, 5) is 25.2. The van der Waals surface area contributed by atoms with E-state index in [-0.39, 0.29) is 23.6 Å². The third-order valence-corrected chi connectivity index (χ3v) is 5.93. The topological polar surface area (TPSA) is 98.1 Å². The second kappa shape index (κ2) is 12.0.